The molecule has 0 radical (unpaired) electrons. The van der Waals surface area contributed by atoms with Gasteiger partial charge in [-0.3, -0.25) is 0 Å². The molecule has 0 saturated carbocycles. The van der Waals surface area contributed by atoms with E-state index >= 15 is 0 Å². The zero-order chi connectivity index (χ0) is 17.6. The van der Waals surface area contributed by atoms with E-state index in [9.17, 15) is 0 Å². The molecule has 7 heteroatoms. The maximum atomic E-state index is 6.14. The number of ether oxygens (including phenoxy) is 2. The van der Waals surface area contributed by atoms with E-state index in [-0.39, 0.29) is 11.6 Å². The lowest BCUT2D eigenvalue weighted by atomic mass is 9.89. The minimum Gasteiger partial charge on any atom is -0.497 e. The third kappa shape index (κ3) is 2.75. The lowest BCUT2D eigenvalue weighted by molar-refractivity contribution is 0.0643. The summed E-state index contributed by atoms with van der Waals surface area (Å²) >= 11 is 0. The Balaban J connectivity index is 1.78. The Hall–Kier alpha value is -2.83. The molecule has 2 aromatic heterocycles. The van der Waals surface area contributed by atoms with Crippen molar-refractivity contribution in [2.45, 2.75) is 31.9 Å². The van der Waals surface area contributed by atoms with Crippen LogP contribution in [0.4, 0.5) is 0 Å². The molecule has 0 N–H and O–H groups in total. The van der Waals surface area contributed by atoms with Gasteiger partial charge in [0.2, 0.25) is 0 Å². The molecule has 0 amide bonds. The van der Waals surface area contributed by atoms with Crippen LogP contribution in [0.2, 0.25) is 0 Å². The van der Waals surface area contributed by atoms with Crippen molar-refractivity contribution >= 4 is 0 Å². The van der Waals surface area contributed by atoms with Crippen molar-refractivity contribution in [2.75, 3.05) is 7.11 Å². The quantitative estimate of drug-likeness (QED) is 0.734. The first-order valence-corrected chi connectivity index (χ1v) is 8.23. The minimum absolute atomic E-state index is 0.0235. The van der Waals surface area contributed by atoms with Gasteiger partial charge in [0.15, 0.2) is 5.82 Å². The number of fused-ring (bicyclic) bond motifs is 1. The van der Waals surface area contributed by atoms with Crippen molar-refractivity contribution in [3.63, 3.8) is 0 Å². The van der Waals surface area contributed by atoms with Gasteiger partial charge in [-0.05, 0) is 32.0 Å². The van der Waals surface area contributed by atoms with Gasteiger partial charge in [-0.1, -0.05) is 5.21 Å². The van der Waals surface area contributed by atoms with Crippen LogP contribution in [0, 0.1) is 0 Å². The average molecular weight is 339 g/mol. The van der Waals surface area contributed by atoms with E-state index in [1.165, 1.54) is 0 Å². The predicted molar refractivity (Wildman–Crippen MR) is 92.7 cm³/mol. The second-order valence-electron chi connectivity index (χ2n) is 6.93. The number of hydrogen-bond acceptors (Lipinski definition) is 5. The Morgan fingerprint density at radius 3 is 2.88 bits per heavy atom. The smallest absolute Gasteiger partial charge is 0.161 e. The molecule has 25 heavy (non-hydrogen) atoms. The summed E-state index contributed by atoms with van der Waals surface area (Å²) < 4.78 is 15.3. The molecule has 0 aliphatic carbocycles. The van der Waals surface area contributed by atoms with Crippen molar-refractivity contribution in [3.05, 3.63) is 42.4 Å². The topological polar surface area (TPSA) is 67.0 Å². The number of aromatic nitrogens is 5. The van der Waals surface area contributed by atoms with Crippen LogP contribution in [0.5, 0.6) is 11.5 Å². The van der Waals surface area contributed by atoms with Crippen LogP contribution in [-0.4, -0.2) is 37.3 Å². The summed E-state index contributed by atoms with van der Waals surface area (Å²) in [5.41, 5.74) is 1.51. The van der Waals surface area contributed by atoms with E-state index < -0.39 is 0 Å². The number of nitrogens with zero attached hydrogens (tertiary/aromatic N) is 5. The van der Waals surface area contributed by atoms with E-state index in [1.54, 1.807) is 13.3 Å². The number of hydrogen-bond donors (Lipinski definition) is 0. The molecule has 1 aromatic carbocycles. The third-order valence-corrected chi connectivity index (χ3v) is 4.53. The molecule has 1 atom stereocenters. The van der Waals surface area contributed by atoms with Gasteiger partial charge in [-0.25, -0.2) is 9.67 Å². The third-order valence-electron chi connectivity index (χ3n) is 4.53. The van der Waals surface area contributed by atoms with Crippen molar-refractivity contribution in [1.82, 2.24) is 24.5 Å². The molecule has 3 heterocycles. The second-order valence-corrected chi connectivity index (χ2v) is 6.93. The van der Waals surface area contributed by atoms with E-state index in [0.717, 1.165) is 35.0 Å². The van der Waals surface area contributed by atoms with Crippen LogP contribution in [0.1, 0.15) is 31.9 Å². The van der Waals surface area contributed by atoms with E-state index in [0.29, 0.717) is 0 Å². The number of rotatable bonds is 3. The molecule has 0 spiro atoms. The van der Waals surface area contributed by atoms with Crippen molar-refractivity contribution in [1.29, 1.82) is 0 Å². The molecule has 3 aromatic rings. The van der Waals surface area contributed by atoms with Crippen LogP contribution in [0.3, 0.4) is 0 Å². The number of aryl methyl sites for hydroxylation is 1. The monoisotopic (exact) mass is 339 g/mol. The highest BCUT2D eigenvalue weighted by molar-refractivity contribution is 5.48. The van der Waals surface area contributed by atoms with Gasteiger partial charge in [0.25, 0.3) is 0 Å². The van der Waals surface area contributed by atoms with Gasteiger partial charge in [-0.15, -0.1) is 5.10 Å². The van der Waals surface area contributed by atoms with Crippen LogP contribution < -0.4 is 9.47 Å². The fourth-order valence-corrected chi connectivity index (χ4v) is 3.30. The number of benzene rings is 1. The fourth-order valence-electron chi connectivity index (χ4n) is 3.30. The molecule has 130 valence electrons. The zero-order valence-corrected chi connectivity index (χ0v) is 14.8. The summed E-state index contributed by atoms with van der Waals surface area (Å²) in [4.78, 5) is 4.35. The maximum Gasteiger partial charge on any atom is 0.161 e. The van der Waals surface area contributed by atoms with Gasteiger partial charge >= 0.3 is 0 Å². The SMILES string of the molecule is COc1ccc2c(c1)[C@H](n1cc(-c3nccn3C)nn1)CC(C)(C)O2. The Morgan fingerprint density at radius 2 is 2.16 bits per heavy atom. The molecule has 1 aliphatic rings. The van der Waals surface area contributed by atoms with E-state index in [2.05, 4.69) is 29.1 Å². The lowest BCUT2D eigenvalue weighted by Crippen LogP contribution is -2.37. The molecule has 7 nitrogen and oxygen atoms in total. The summed E-state index contributed by atoms with van der Waals surface area (Å²) in [6.45, 7) is 4.17. The number of imidazole rings is 1. The van der Waals surface area contributed by atoms with Gasteiger partial charge in [0.1, 0.15) is 22.8 Å². The first-order valence-electron chi connectivity index (χ1n) is 8.23. The van der Waals surface area contributed by atoms with Crippen molar-refractivity contribution in [3.8, 4) is 23.0 Å². The average Bonchev–Trinajstić information content (AvgIpc) is 3.21. The van der Waals surface area contributed by atoms with Gasteiger partial charge in [0, 0.05) is 31.4 Å². The van der Waals surface area contributed by atoms with Crippen molar-refractivity contribution in [2.24, 2.45) is 7.05 Å². The van der Waals surface area contributed by atoms with Crippen LogP contribution in [0.15, 0.2) is 36.8 Å². The van der Waals surface area contributed by atoms with Gasteiger partial charge in [-0.2, -0.15) is 0 Å². The summed E-state index contributed by atoms with van der Waals surface area (Å²) in [5.74, 6) is 2.45. The summed E-state index contributed by atoms with van der Waals surface area (Å²) in [6.07, 6.45) is 6.38. The molecule has 0 unspecified atom stereocenters. The highest BCUT2D eigenvalue weighted by atomic mass is 16.5. The first kappa shape index (κ1) is 15.7. The van der Waals surface area contributed by atoms with Crippen LogP contribution in [0.25, 0.3) is 11.5 Å². The van der Waals surface area contributed by atoms with Gasteiger partial charge < -0.3 is 14.0 Å². The highest BCUT2D eigenvalue weighted by Crippen LogP contribution is 2.42. The standard InChI is InChI=1S/C18H21N5O2/c1-18(2)10-15(13-9-12(24-4)5-6-16(13)25-18)23-11-14(20-21-23)17-19-7-8-22(17)3/h5-9,11,15H,10H2,1-4H3/t15-/m1/s1. The summed E-state index contributed by atoms with van der Waals surface area (Å²) in [7, 11) is 3.61. The largest absolute Gasteiger partial charge is 0.497 e. The lowest BCUT2D eigenvalue weighted by Gasteiger charge is -2.37. The first-order chi connectivity index (χ1) is 12.0. The fraction of sp³-hybridized carbons (Fsp3) is 0.389. The predicted octanol–water partition coefficient (Wildman–Crippen LogP) is 2.84. The van der Waals surface area contributed by atoms with E-state index in [1.807, 2.05) is 46.9 Å². The zero-order valence-electron chi connectivity index (χ0n) is 14.8. The molecule has 0 saturated heterocycles. The molecule has 0 fully saturated rings. The Labute approximate surface area is 146 Å². The Morgan fingerprint density at radius 1 is 1.32 bits per heavy atom. The van der Waals surface area contributed by atoms with Gasteiger partial charge in [0.05, 0.1) is 19.3 Å². The maximum absolute atomic E-state index is 6.14. The molecule has 1 aliphatic heterocycles. The second kappa shape index (κ2) is 5.61. The Kier molecular flexibility index (Phi) is 3.52. The van der Waals surface area contributed by atoms with Crippen LogP contribution >= 0.6 is 0 Å². The highest BCUT2D eigenvalue weighted by Gasteiger charge is 2.35. The number of methoxy groups -OCH3 is 1. The van der Waals surface area contributed by atoms with Crippen LogP contribution in [-0.2, 0) is 7.05 Å². The molecular formula is C18H21N5O2. The minimum atomic E-state index is -0.290. The summed E-state index contributed by atoms with van der Waals surface area (Å²) in [5, 5.41) is 8.69. The molecular weight excluding hydrogens is 318 g/mol. The van der Waals surface area contributed by atoms with Crippen molar-refractivity contribution < 1.29 is 9.47 Å². The molecule has 4 rings (SSSR count). The normalized spacial score (nSPS) is 18.5. The molecule has 0 bridgehead atoms. The Bertz CT molecular complexity index is 912. The summed E-state index contributed by atoms with van der Waals surface area (Å²) in [6, 6.07) is 5.91. The van der Waals surface area contributed by atoms with E-state index in [4.69, 9.17) is 9.47 Å².